The van der Waals surface area contributed by atoms with Gasteiger partial charge in [-0.3, -0.25) is 0 Å². The molecule has 2 aromatic rings. The fourth-order valence-corrected chi connectivity index (χ4v) is 1.99. The summed E-state index contributed by atoms with van der Waals surface area (Å²) in [6.07, 6.45) is 0. The lowest BCUT2D eigenvalue weighted by Crippen LogP contribution is -2.18. The van der Waals surface area contributed by atoms with Crippen molar-refractivity contribution in [2.24, 2.45) is 0 Å². The topological polar surface area (TPSA) is 25.2 Å². The standard InChI is InChI=1S/C12H10BrF2NO/c1-16-12(10-4-5-11(13)17-10)8-3-2-7(14)6-9(8)15/h2-6,12,16H,1H3. The average molecular weight is 302 g/mol. The van der Waals surface area contributed by atoms with E-state index in [-0.39, 0.29) is 0 Å². The Bertz CT molecular complexity index is 527. The van der Waals surface area contributed by atoms with Crippen molar-refractivity contribution in [1.82, 2.24) is 5.32 Å². The summed E-state index contributed by atoms with van der Waals surface area (Å²) in [5.74, 6) is -0.636. The largest absolute Gasteiger partial charge is 0.452 e. The molecule has 0 aliphatic heterocycles. The van der Waals surface area contributed by atoms with E-state index >= 15 is 0 Å². The molecule has 0 bridgehead atoms. The Balaban J connectivity index is 2.42. The molecule has 0 saturated heterocycles. The van der Waals surface area contributed by atoms with E-state index < -0.39 is 17.7 Å². The molecule has 0 spiro atoms. The predicted octanol–water partition coefficient (Wildman–Crippen LogP) is 3.63. The molecule has 0 amide bonds. The van der Waals surface area contributed by atoms with Gasteiger partial charge in [-0.1, -0.05) is 6.07 Å². The Kier molecular flexibility index (Phi) is 3.59. The number of halogens is 3. The second-order valence-corrected chi connectivity index (χ2v) is 4.31. The van der Waals surface area contributed by atoms with Gasteiger partial charge in [0.2, 0.25) is 0 Å². The van der Waals surface area contributed by atoms with Gasteiger partial charge < -0.3 is 9.73 Å². The smallest absolute Gasteiger partial charge is 0.169 e. The van der Waals surface area contributed by atoms with Crippen molar-refractivity contribution in [2.75, 3.05) is 7.05 Å². The predicted molar refractivity (Wildman–Crippen MR) is 63.7 cm³/mol. The van der Waals surface area contributed by atoms with Crippen LogP contribution < -0.4 is 5.32 Å². The zero-order valence-corrected chi connectivity index (χ0v) is 10.6. The first-order chi connectivity index (χ1) is 8.11. The molecule has 0 fully saturated rings. The van der Waals surface area contributed by atoms with Gasteiger partial charge >= 0.3 is 0 Å². The Morgan fingerprint density at radius 3 is 2.53 bits per heavy atom. The van der Waals surface area contributed by atoms with E-state index in [1.54, 1.807) is 19.2 Å². The Labute approximate surface area is 106 Å². The number of benzene rings is 1. The molecular weight excluding hydrogens is 292 g/mol. The second kappa shape index (κ2) is 4.98. The van der Waals surface area contributed by atoms with E-state index in [0.29, 0.717) is 16.0 Å². The van der Waals surface area contributed by atoms with Crippen LogP contribution in [0.2, 0.25) is 0 Å². The lowest BCUT2D eigenvalue weighted by molar-refractivity contribution is 0.437. The first-order valence-corrected chi connectivity index (χ1v) is 5.78. The summed E-state index contributed by atoms with van der Waals surface area (Å²) in [7, 11) is 1.68. The third-order valence-electron chi connectivity index (χ3n) is 2.44. The monoisotopic (exact) mass is 301 g/mol. The third kappa shape index (κ3) is 2.56. The van der Waals surface area contributed by atoms with Crippen LogP contribution in [-0.2, 0) is 0 Å². The van der Waals surface area contributed by atoms with Gasteiger partial charge in [-0.2, -0.15) is 0 Å². The molecule has 1 atom stereocenters. The van der Waals surface area contributed by atoms with Gasteiger partial charge in [0.1, 0.15) is 17.4 Å². The van der Waals surface area contributed by atoms with E-state index in [9.17, 15) is 8.78 Å². The normalized spacial score (nSPS) is 12.7. The highest BCUT2D eigenvalue weighted by Gasteiger charge is 2.19. The molecule has 17 heavy (non-hydrogen) atoms. The highest BCUT2D eigenvalue weighted by atomic mass is 79.9. The molecule has 1 aromatic heterocycles. The third-order valence-corrected chi connectivity index (χ3v) is 2.87. The molecule has 5 heteroatoms. The summed E-state index contributed by atoms with van der Waals surface area (Å²) in [5, 5.41) is 2.93. The van der Waals surface area contributed by atoms with E-state index in [0.717, 1.165) is 6.07 Å². The molecule has 0 radical (unpaired) electrons. The maximum Gasteiger partial charge on any atom is 0.169 e. The first-order valence-electron chi connectivity index (χ1n) is 4.99. The van der Waals surface area contributed by atoms with E-state index in [1.165, 1.54) is 12.1 Å². The van der Waals surface area contributed by atoms with Crippen LogP contribution in [0.1, 0.15) is 17.4 Å². The van der Waals surface area contributed by atoms with Crippen molar-refractivity contribution in [3.8, 4) is 0 Å². The van der Waals surface area contributed by atoms with Crippen molar-refractivity contribution in [3.05, 3.63) is 58.0 Å². The molecule has 1 N–H and O–H groups in total. The molecule has 1 unspecified atom stereocenters. The Hall–Kier alpha value is -1.20. The summed E-state index contributed by atoms with van der Waals surface area (Å²) in [4.78, 5) is 0. The van der Waals surface area contributed by atoms with Crippen molar-refractivity contribution >= 4 is 15.9 Å². The van der Waals surface area contributed by atoms with Gasteiger partial charge in [-0.15, -0.1) is 0 Å². The highest BCUT2D eigenvalue weighted by molar-refractivity contribution is 9.10. The molecule has 0 aliphatic carbocycles. The fraction of sp³-hybridized carbons (Fsp3) is 0.167. The number of hydrogen-bond donors (Lipinski definition) is 1. The number of furan rings is 1. The van der Waals surface area contributed by atoms with Crippen molar-refractivity contribution < 1.29 is 13.2 Å². The molecule has 2 rings (SSSR count). The zero-order valence-electron chi connectivity index (χ0n) is 9.01. The Morgan fingerprint density at radius 2 is 2.00 bits per heavy atom. The van der Waals surface area contributed by atoms with E-state index in [4.69, 9.17) is 4.42 Å². The minimum atomic E-state index is -0.600. The van der Waals surface area contributed by atoms with Gasteiger partial charge in [0, 0.05) is 11.6 Å². The second-order valence-electron chi connectivity index (χ2n) is 3.53. The highest BCUT2D eigenvalue weighted by Crippen LogP contribution is 2.27. The lowest BCUT2D eigenvalue weighted by atomic mass is 10.0. The molecule has 2 nitrogen and oxygen atoms in total. The molecule has 0 saturated carbocycles. The molecule has 90 valence electrons. The van der Waals surface area contributed by atoms with Crippen molar-refractivity contribution in [3.63, 3.8) is 0 Å². The first kappa shape index (κ1) is 12.3. The van der Waals surface area contributed by atoms with E-state index in [2.05, 4.69) is 21.2 Å². The minimum absolute atomic E-state index is 0.343. The van der Waals surface area contributed by atoms with Crippen molar-refractivity contribution in [1.29, 1.82) is 0 Å². The average Bonchev–Trinajstić information content (AvgIpc) is 2.69. The van der Waals surface area contributed by atoms with Crippen LogP contribution in [0.5, 0.6) is 0 Å². The number of nitrogens with one attached hydrogen (secondary N) is 1. The number of rotatable bonds is 3. The van der Waals surface area contributed by atoms with E-state index in [1.807, 2.05) is 0 Å². The van der Waals surface area contributed by atoms with Gasteiger partial charge in [-0.05, 0) is 41.2 Å². The van der Waals surface area contributed by atoms with Crippen LogP contribution in [-0.4, -0.2) is 7.05 Å². The molecule has 1 heterocycles. The summed E-state index contributed by atoms with van der Waals surface area (Å²) >= 11 is 3.18. The van der Waals surface area contributed by atoms with Gasteiger partial charge in [-0.25, -0.2) is 8.78 Å². The zero-order chi connectivity index (χ0) is 12.4. The molecular formula is C12H10BrF2NO. The van der Waals surface area contributed by atoms with Crippen molar-refractivity contribution in [2.45, 2.75) is 6.04 Å². The van der Waals surface area contributed by atoms with Gasteiger partial charge in [0.25, 0.3) is 0 Å². The van der Waals surface area contributed by atoms with Crippen LogP contribution >= 0.6 is 15.9 Å². The lowest BCUT2D eigenvalue weighted by Gasteiger charge is -2.14. The van der Waals surface area contributed by atoms with Crippen LogP contribution in [0.3, 0.4) is 0 Å². The number of hydrogen-bond acceptors (Lipinski definition) is 2. The maximum absolute atomic E-state index is 13.6. The summed E-state index contributed by atoms with van der Waals surface area (Å²) < 4.78 is 32.4. The van der Waals surface area contributed by atoms with Crippen LogP contribution in [0.15, 0.2) is 39.4 Å². The van der Waals surface area contributed by atoms with Crippen LogP contribution in [0.4, 0.5) is 8.78 Å². The minimum Gasteiger partial charge on any atom is -0.452 e. The van der Waals surface area contributed by atoms with Crippen LogP contribution in [0, 0.1) is 11.6 Å². The van der Waals surface area contributed by atoms with Gasteiger partial charge in [0.05, 0.1) is 6.04 Å². The van der Waals surface area contributed by atoms with Gasteiger partial charge in [0.15, 0.2) is 4.67 Å². The quantitative estimate of drug-likeness (QED) is 0.936. The summed E-state index contributed by atoms with van der Waals surface area (Å²) in [6.45, 7) is 0. The summed E-state index contributed by atoms with van der Waals surface area (Å²) in [5.41, 5.74) is 0.343. The molecule has 0 aliphatic rings. The SMILES string of the molecule is CNC(c1ccc(Br)o1)c1ccc(F)cc1F. The Morgan fingerprint density at radius 1 is 1.24 bits per heavy atom. The van der Waals surface area contributed by atoms with Crippen LogP contribution in [0.25, 0.3) is 0 Å². The molecule has 1 aromatic carbocycles. The maximum atomic E-state index is 13.6. The fourth-order valence-electron chi connectivity index (χ4n) is 1.67. The summed E-state index contributed by atoms with van der Waals surface area (Å²) in [6, 6.07) is 6.50.